The molecule has 1 amide bonds. The Hall–Kier alpha value is -2.15. The van der Waals surface area contributed by atoms with Crippen molar-refractivity contribution in [3.8, 4) is 0 Å². The topological polar surface area (TPSA) is 76.4 Å². The van der Waals surface area contributed by atoms with Crippen LogP contribution in [0.5, 0.6) is 0 Å². The number of furan rings is 1. The number of hydrogen-bond donors (Lipinski definition) is 1. The summed E-state index contributed by atoms with van der Waals surface area (Å²) in [6.07, 6.45) is 3.32. The smallest absolute Gasteiger partial charge is 0.228 e. The molecule has 122 valence electrons. The number of amides is 1. The molecule has 1 saturated carbocycles. The average molecular weight is 337 g/mol. The van der Waals surface area contributed by atoms with E-state index < -0.39 is 15.7 Å². The van der Waals surface area contributed by atoms with Crippen LogP contribution >= 0.6 is 0 Å². The minimum absolute atomic E-state index is 0.0688. The van der Waals surface area contributed by atoms with Crippen molar-refractivity contribution in [2.45, 2.75) is 18.1 Å². The third-order valence-corrected chi connectivity index (χ3v) is 4.61. The van der Waals surface area contributed by atoms with Crippen molar-refractivity contribution in [2.24, 2.45) is 5.92 Å². The van der Waals surface area contributed by atoms with E-state index in [1.165, 1.54) is 12.1 Å². The van der Waals surface area contributed by atoms with E-state index >= 15 is 0 Å². The molecular weight excluding hydrogens is 321 g/mol. The highest BCUT2D eigenvalue weighted by atomic mass is 32.2. The van der Waals surface area contributed by atoms with Crippen molar-refractivity contribution in [1.29, 1.82) is 0 Å². The molecule has 1 aromatic carbocycles. The van der Waals surface area contributed by atoms with Crippen molar-refractivity contribution in [1.82, 2.24) is 0 Å². The lowest BCUT2D eigenvalue weighted by atomic mass is 10.2. The van der Waals surface area contributed by atoms with E-state index in [0.717, 1.165) is 18.1 Å². The van der Waals surface area contributed by atoms with Gasteiger partial charge in [0.25, 0.3) is 0 Å². The molecule has 1 aromatic heterocycles. The van der Waals surface area contributed by atoms with Crippen LogP contribution in [0, 0.1) is 11.7 Å². The van der Waals surface area contributed by atoms with Crippen LogP contribution in [0.2, 0.25) is 0 Å². The Balaban J connectivity index is 1.65. The van der Waals surface area contributed by atoms with Gasteiger partial charge in [-0.15, -0.1) is 0 Å². The molecule has 2 atom stereocenters. The van der Waals surface area contributed by atoms with Gasteiger partial charge in [-0.2, -0.15) is 0 Å². The highest BCUT2D eigenvalue weighted by Gasteiger charge is 2.45. The number of nitrogens with one attached hydrogen (secondary N) is 1. The number of carbonyl (C=O) groups is 1. The summed E-state index contributed by atoms with van der Waals surface area (Å²) in [6.45, 7) is 0. The summed E-state index contributed by atoms with van der Waals surface area (Å²) in [4.78, 5) is 12.1. The first-order valence-corrected chi connectivity index (χ1v) is 9.20. The number of benzene rings is 1. The molecule has 0 unspecified atom stereocenters. The van der Waals surface area contributed by atoms with Gasteiger partial charge in [-0.25, -0.2) is 12.8 Å². The van der Waals surface area contributed by atoms with Gasteiger partial charge < -0.3 is 9.73 Å². The Kier molecular flexibility index (Phi) is 3.97. The summed E-state index contributed by atoms with van der Waals surface area (Å²) in [5.41, 5.74) is 0.403. The quantitative estimate of drug-likeness (QED) is 0.910. The second-order valence-electron chi connectivity index (χ2n) is 5.83. The zero-order valence-corrected chi connectivity index (χ0v) is 13.3. The number of rotatable bonds is 5. The van der Waals surface area contributed by atoms with Crippen molar-refractivity contribution in [3.05, 3.63) is 53.7 Å². The van der Waals surface area contributed by atoms with Crippen LogP contribution in [0.25, 0.3) is 0 Å². The zero-order valence-electron chi connectivity index (χ0n) is 12.5. The highest BCUT2D eigenvalue weighted by Crippen LogP contribution is 2.48. The predicted molar refractivity (Wildman–Crippen MR) is 83.1 cm³/mol. The third-order valence-electron chi connectivity index (χ3n) is 3.77. The van der Waals surface area contributed by atoms with Crippen LogP contribution < -0.4 is 5.32 Å². The van der Waals surface area contributed by atoms with E-state index in [4.69, 9.17) is 4.42 Å². The lowest BCUT2D eigenvalue weighted by Crippen LogP contribution is -2.15. The molecule has 1 aliphatic carbocycles. The molecule has 0 aliphatic heterocycles. The van der Waals surface area contributed by atoms with Gasteiger partial charge in [0.2, 0.25) is 5.91 Å². The van der Waals surface area contributed by atoms with Gasteiger partial charge in [0, 0.05) is 29.3 Å². The van der Waals surface area contributed by atoms with E-state index in [2.05, 4.69) is 5.32 Å². The molecule has 1 fully saturated rings. The minimum Gasteiger partial charge on any atom is -0.469 e. The van der Waals surface area contributed by atoms with E-state index in [1.54, 1.807) is 12.3 Å². The van der Waals surface area contributed by atoms with Crippen LogP contribution in [0.15, 0.2) is 41.0 Å². The van der Waals surface area contributed by atoms with Crippen LogP contribution in [0.4, 0.5) is 10.1 Å². The van der Waals surface area contributed by atoms with Gasteiger partial charge >= 0.3 is 0 Å². The molecule has 7 heteroatoms. The first-order chi connectivity index (χ1) is 10.8. The summed E-state index contributed by atoms with van der Waals surface area (Å²) >= 11 is 0. The summed E-state index contributed by atoms with van der Waals surface area (Å²) < 4.78 is 41.6. The standard InChI is InChI=1S/C16H16FNO4S/c1-23(20,21)9-10-4-5-11(7-14(10)17)18-16(19)13-8-12(13)15-3-2-6-22-15/h2-7,12-13H,8-9H2,1H3,(H,18,19)/t12-,13-/m1/s1. The van der Waals surface area contributed by atoms with E-state index in [9.17, 15) is 17.6 Å². The SMILES string of the molecule is CS(=O)(=O)Cc1ccc(NC(=O)[C@@H]2C[C@H]2c2ccco2)cc1F. The number of hydrogen-bond acceptors (Lipinski definition) is 4. The lowest BCUT2D eigenvalue weighted by molar-refractivity contribution is -0.117. The Morgan fingerprint density at radius 3 is 2.78 bits per heavy atom. The van der Waals surface area contributed by atoms with Gasteiger partial charge in [0.15, 0.2) is 9.84 Å². The first kappa shape index (κ1) is 15.7. The predicted octanol–water partition coefficient (Wildman–Crippen LogP) is 2.71. The van der Waals surface area contributed by atoms with E-state index in [1.807, 2.05) is 6.07 Å². The maximum absolute atomic E-state index is 13.9. The van der Waals surface area contributed by atoms with E-state index in [0.29, 0.717) is 12.1 Å². The van der Waals surface area contributed by atoms with Crippen molar-refractivity contribution >= 4 is 21.4 Å². The average Bonchev–Trinajstić information content (AvgIpc) is 3.07. The molecule has 5 nitrogen and oxygen atoms in total. The fourth-order valence-electron chi connectivity index (χ4n) is 2.56. The highest BCUT2D eigenvalue weighted by molar-refractivity contribution is 7.89. The second-order valence-corrected chi connectivity index (χ2v) is 7.97. The Morgan fingerprint density at radius 2 is 2.17 bits per heavy atom. The monoisotopic (exact) mass is 337 g/mol. The number of halogens is 1. The molecule has 1 heterocycles. The summed E-state index contributed by atoms with van der Waals surface area (Å²) in [6, 6.07) is 7.63. The molecular formula is C16H16FNO4S. The normalized spacial score (nSPS) is 20.3. The molecule has 0 saturated heterocycles. The van der Waals surface area contributed by atoms with Gasteiger partial charge in [0.05, 0.1) is 12.0 Å². The van der Waals surface area contributed by atoms with Crippen LogP contribution in [-0.4, -0.2) is 20.6 Å². The van der Waals surface area contributed by atoms with Gasteiger partial charge in [-0.1, -0.05) is 6.07 Å². The summed E-state index contributed by atoms with van der Waals surface area (Å²) in [7, 11) is -3.31. The molecule has 23 heavy (non-hydrogen) atoms. The van der Waals surface area contributed by atoms with Gasteiger partial charge in [0.1, 0.15) is 11.6 Å². The molecule has 1 aliphatic rings. The molecule has 0 spiro atoms. The van der Waals surface area contributed by atoms with Gasteiger partial charge in [-0.3, -0.25) is 4.79 Å². The Bertz CT molecular complexity index is 830. The van der Waals surface area contributed by atoms with Crippen molar-refractivity contribution in [3.63, 3.8) is 0 Å². The van der Waals surface area contributed by atoms with Gasteiger partial charge in [-0.05, 0) is 30.7 Å². The molecule has 0 radical (unpaired) electrons. The van der Waals surface area contributed by atoms with Crippen molar-refractivity contribution in [2.75, 3.05) is 11.6 Å². The minimum atomic E-state index is -3.31. The fourth-order valence-corrected chi connectivity index (χ4v) is 3.36. The fraction of sp³-hybridized carbons (Fsp3) is 0.312. The number of sulfone groups is 1. The largest absolute Gasteiger partial charge is 0.469 e. The third kappa shape index (κ3) is 3.79. The van der Waals surface area contributed by atoms with Crippen LogP contribution in [-0.2, 0) is 20.4 Å². The maximum atomic E-state index is 13.9. The molecule has 3 rings (SSSR count). The summed E-state index contributed by atoms with van der Waals surface area (Å²) in [5, 5.41) is 2.66. The molecule has 2 aromatic rings. The first-order valence-electron chi connectivity index (χ1n) is 7.14. The Labute approximate surface area is 133 Å². The number of anilines is 1. The lowest BCUT2D eigenvalue weighted by Gasteiger charge is -2.07. The summed E-state index contributed by atoms with van der Waals surface area (Å²) in [5.74, 6) is -0.539. The number of carbonyl (C=O) groups excluding carboxylic acids is 1. The second kappa shape index (κ2) is 5.81. The van der Waals surface area contributed by atoms with Crippen LogP contribution in [0.1, 0.15) is 23.7 Å². The maximum Gasteiger partial charge on any atom is 0.228 e. The van der Waals surface area contributed by atoms with E-state index in [-0.39, 0.29) is 29.1 Å². The zero-order chi connectivity index (χ0) is 16.6. The molecule has 1 N–H and O–H groups in total. The van der Waals surface area contributed by atoms with Crippen LogP contribution in [0.3, 0.4) is 0 Å². The molecule has 0 bridgehead atoms. The Morgan fingerprint density at radius 1 is 1.39 bits per heavy atom. The van der Waals surface area contributed by atoms with Crippen molar-refractivity contribution < 1.29 is 22.0 Å².